The molecule has 0 radical (unpaired) electrons. The number of rotatable bonds is 4. The predicted molar refractivity (Wildman–Crippen MR) is 78.2 cm³/mol. The number of carbonyl (C=O) groups is 3. The van der Waals surface area contributed by atoms with Crippen molar-refractivity contribution in [3.8, 4) is 0 Å². The number of hydrogen-bond acceptors (Lipinski definition) is 6. The molecule has 0 unspecified atom stereocenters. The number of amides is 2. The molecule has 1 aliphatic rings. The van der Waals surface area contributed by atoms with Crippen molar-refractivity contribution in [2.45, 2.75) is 19.8 Å². The van der Waals surface area contributed by atoms with E-state index in [4.69, 9.17) is 4.84 Å². The summed E-state index contributed by atoms with van der Waals surface area (Å²) in [6, 6.07) is 6.37. The van der Waals surface area contributed by atoms with E-state index in [1.807, 2.05) is 6.92 Å². The van der Waals surface area contributed by atoms with Crippen molar-refractivity contribution in [1.82, 2.24) is 10.0 Å². The molecule has 22 heavy (non-hydrogen) atoms. The fraction of sp³-hybridized carbons (Fsp3) is 0.200. The van der Waals surface area contributed by atoms with Crippen molar-refractivity contribution in [3.63, 3.8) is 0 Å². The Kier molecular flexibility index (Phi) is 3.72. The molecule has 0 bridgehead atoms. The lowest BCUT2D eigenvalue weighted by Gasteiger charge is -2.12. The van der Waals surface area contributed by atoms with Gasteiger partial charge in [0, 0.05) is 11.1 Å². The normalized spacial score (nSPS) is 13.4. The Balaban J connectivity index is 1.63. The maximum Gasteiger partial charge on any atom is 0.333 e. The van der Waals surface area contributed by atoms with Gasteiger partial charge in [-0.25, -0.2) is 9.78 Å². The smallest absolute Gasteiger partial charge is 0.330 e. The average Bonchev–Trinajstić information content (AvgIpc) is 3.03. The topological polar surface area (TPSA) is 76.6 Å². The van der Waals surface area contributed by atoms with E-state index in [0.29, 0.717) is 11.5 Å². The van der Waals surface area contributed by atoms with Crippen LogP contribution in [0.3, 0.4) is 0 Å². The monoisotopic (exact) mass is 316 g/mol. The van der Waals surface area contributed by atoms with Crippen LogP contribution >= 0.6 is 11.3 Å². The number of hydroxylamine groups is 2. The third kappa shape index (κ3) is 2.62. The van der Waals surface area contributed by atoms with Gasteiger partial charge in [-0.2, -0.15) is 0 Å². The molecule has 0 saturated carbocycles. The second-order valence-electron chi connectivity index (χ2n) is 4.76. The second-order valence-corrected chi connectivity index (χ2v) is 6.08. The zero-order valence-corrected chi connectivity index (χ0v) is 12.6. The van der Waals surface area contributed by atoms with Crippen LogP contribution in [0.1, 0.15) is 37.0 Å². The van der Waals surface area contributed by atoms with Crippen molar-refractivity contribution < 1.29 is 19.2 Å². The molecule has 0 aliphatic carbocycles. The molecule has 1 aliphatic heterocycles. The van der Waals surface area contributed by atoms with Crippen molar-refractivity contribution in [3.05, 3.63) is 51.5 Å². The van der Waals surface area contributed by atoms with E-state index >= 15 is 0 Å². The van der Waals surface area contributed by atoms with E-state index < -0.39 is 17.8 Å². The quantitative estimate of drug-likeness (QED) is 0.808. The summed E-state index contributed by atoms with van der Waals surface area (Å²) in [6.45, 7) is 1.88. The molecule has 0 atom stereocenters. The predicted octanol–water partition coefficient (Wildman–Crippen LogP) is 2.14. The van der Waals surface area contributed by atoms with Crippen LogP contribution in [0.25, 0.3) is 0 Å². The minimum atomic E-state index is -0.624. The second kappa shape index (κ2) is 5.69. The van der Waals surface area contributed by atoms with Gasteiger partial charge in [-0.15, -0.1) is 11.3 Å². The first-order valence-corrected chi connectivity index (χ1v) is 7.48. The zero-order chi connectivity index (χ0) is 15.7. The first-order valence-electron chi connectivity index (χ1n) is 6.66. The molecule has 1 aromatic carbocycles. The van der Waals surface area contributed by atoms with E-state index in [1.54, 1.807) is 18.3 Å². The summed E-state index contributed by atoms with van der Waals surface area (Å²) in [5, 5.41) is 1.45. The molecule has 2 amide bonds. The molecule has 3 rings (SSSR count). The summed E-state index contributed by atoms with van der Waals surface area (Å²) < 4.78 is 0. The van der Waals surface area contributed by atoms with Crippen LogP contribution in [0.5, 0.6) is 0 Å². The van der Waals surface area contributed by atoms with Gasteiger partial charge in [-0.1, -0.05) is 17.2 Å². The first kappa shape index (κ1) is 14.4. The molecular formula is C15H12N2O4S. The molecule has 2 aromatic rings. The lowest BCUT2D eigenvalue weighted by molar-refractivity contribution is -0.168. The molecule has 0 fully saturated rings. The Labute approximate surface area is 130 Å². The van der Waals surface area contributed by atoms with Crippen LogP contribution < -0.4 is 0 Å². The summed E-state index contributed by atoms with van der Waals surface area (Å²) in [6.07, 6.45) is 2.25. The van der Waals surface area contributed by atoms with Crippen molar-refractivity contribution >= 4 is 29.1 Å². The van der Waals surface area contributed by atoms with E-state index in [0.717, 1.165) is 9.88 Å². The molecule has 112 valence electrons. The maximum absolute atomic E-state index is 12.0. The van der Waals surface area contributed by atoms with E-state index in [-0.39, 0.29) is 17.5 Å². The Bertz CT molecular complexity index is 733. The summed E-state index contributed by atoms with van der Waals surface area (Å²) in [5.74, 6) is -1.84. The highest BCUT2D eigenvalue weighted by Crippen LogP contribution is 2.23. The average molecular weight is 316 g/mol. The Morgan fingerprint density at radius 1 is 1.23 bits per heavy atom. The summed E-state index contributed by atoms with van der Waals surface area (Å²) in [5.41, 5.74) is 0.497. The van der Waals surface area contributed by atoms with Crippen LogP contribution in [-0.4, -0.2) is 27.8 Å². The third-order valence-electron chi connectivity index (χ3n) is 3.19. The van der Waals surface area contributed by atoms with Crippen molar-refractivity contribution in [1.29, 1.82) is 0 Å². The largest absolute Gasteiger partial charge is 0.333 e. The number of hydrogen-bond donors (Lipinski definition) is 0. The van der Waals surface area contributed by atoms with Gasteiger partial charge in [0.1, 0.15) is 0 Å². The van der Waals surface area contributed by atoms with Gasteiger partial charge in [0.15, 0.2) is 0 Å². The number of benzene rings is 1. The zero-order valence-electron chi connectivity index (χ0n) is 11.7. The van der Waals surface area contributed by atoms with Crippen molar-refractivity contribution in [2.75, 3.05) is 0 Å². The van der Waals surface area contributed by atoms with Crippen LogP contribution in [0.2, 0.25) is 0 Å². The lowest BCUT2D eigenvalue weighted by Crippen LogP contribution is -2.32. The Morgan fingerprint density at radius 2 is 1.86 bits per heavy atom. The molecule has 1 aromatic heterocycles. The van der Waals surface area contributed by atoms with Gasteiger partial charge >= 0.3 is 5.97 Å². The number of carbonyl (C=O) groups excluding carboxylic acids is 3. The lowest BCUT2D eigenvalue weighted by atomic mass is 10.1. The van der Waals surface area contributed by atoms with Crippen LogP contribution in [0.15, 0.2) is 30.5 Å². The molecule has 0 N–H and O–H groups in total. The molecule has 6 nitrogen and oxygen atoms in total. The minimum absolute atomic E-state index is 0.0784. The van der Waals surface area contributed by atoms with E-state index in [9.17, 15) is 14.4 Å². The standard InChI is InChI=1S/C15H12N2O4S/c1-9-16-8-10(22-9)6-7-13(18)21-17-14(19)11-4-2-3-5-12(11)15(17)20/h2-5,8H,6-7H2,1H3. The first-order chi connectivity index (χ1) is 10.6. The summed E-state index contributed by atoms with van der Waals surface area (Å²) in [7, 11) is 0. The van der Waals surface area contributed by atoms with Crippen LogP contribution in [-0.2, 0) is 16.1 Å². The van der Waals surface area contributed by atoms with E-state index in [1.165, 1.54) is 23.5 Å². The van der Waals surface area contributed by atoms with Gasteiger partial charge in [0.2, 0.25) is 0 Å². The highest BCUT2D eigenvalue weighted by molar-refractivity contribution is 7.11. The molecule has 2 heterocycles. The number of thiazole rings is 1. The fourth-order valence-corrected chi connectivity index (χ4v) is 2.94. The third-order valence-corrected chi connectivity index (χ3v) is 4.17. The molecule has 0 spiro atoms. The SMILES string of the molecule is Cc1ncc(CCC(=O)ON2C(=O)c3ccccc3C2=O)s1. The van der Waals surface area contributed by atoms with Gasteiger partial charge in [-0.05, 0) is 25.5 Å². The van der Waals surface area contributed by atoms with Gasteiger partial charge in [0.05, 0.1) is 22.6 Å². The number of aromatic nitrogens is 1. The molecule has 0 saturated heterocycles. The van der Waals surface area contributed by atoms with Gasteiger partial charge in [0.25, 0.3) is 11.8 Å². The fourth-order valence-electron chi connectivity index (χ4n) is 2.14. The summed E-state index contributed by atoms with van der Waals surface area (Å²) >= 11 is 1.50. The Hall–Kier alpha value is -2.54. The molecular weight excluding hydrogens is 304 g/mol. The maximum atomic E-state index is 12.0. The van der Waals surface area contributed by atoms with E-state index in [2.05, 4.69) is 4.98 Å². The number of imide groups is 1. The number of aryl methyl sites for hydroxylation is 2. The van der Waals surface area contributed by atoms with Gasteiger partial charge in [-0.3, -0.25) is 9.59 Å². The minimum Gasteiger partial charge on any atom is -0.330 e. The number of fused-ring (bicyclic) bond motifs is 1. The highest BCUT2D eigenvalue weighted by Gasteiger charge is 2.38. The van der Waals surface area contributed by atoms with Crippen LogP contribution in [0, 0.1) is 6.92 Å². The Morgan fingerprint density at radius 3 is 2.41 bits per heavy atom. The van der Waals surface area contributed by atoms with Gasteiger partial charge < -0.3 is 4.84 Å². The highest BCUT2D eigenvalue weighted by atomic mass is 32.1. The van der Waals surface area contributed by atoms with Crippen molar-refractivity contribution in [2.24, 2.45) is 0 Å². The summed E-state index contributed by atoms with van der Waals surface area (Å²) in [4.78, 5) is 45.9. The number of nitrogens with zero attached hydrogens (tertiary/aromatic N) is 2. The van der Waals surface area contributed by atoms with Crippen LogP contribution in [0.4, 0.5) is 0 Å². The molecule has 7 heteroatoms.